The van der Waals surface area contributed by atoms with E-state index in [1.807, 2.05) is 13.8 Å². The van der Waals surface area contributed by atoms with Crippen molar-refractivity contribution >= 4 is 12.1 Å². The van der Waals surface area contributed by atoms with Gasteiger partial charge in [-0.1, -0.05) is 0 Å². The number of nitrogens with zero attached hydrogens (tertiary/aromatic N) is 2. The molecule has 0 aromatic carbocycles. The number of carboxylic acids is 1. The first-order chi connectivity index (χ1) is 9.49. The van der Waals surface area contributed by atoms with Gasteiger partial charge in [0.05, 0.1) is 6.10 Å². The predicted octanol–water partition coefficient (Wildman–Crippen LogP) is 2.37. The number of ether oxygens (including phenoxy) is 1. The smallest absolute Gasteiger partial charge is 0.410 e. The molecule has 1 aromatic rings. The van der Waals surface area contributed by atoms with E-state index in [9.17, 15) is 9.59 Å². The summed E-state index contributed by atoms with van der Waals surface area (Å²) in [4.78, 5) is 24.6. The van der Waals surface area contributed by atoms with Gasteiger partial charge in [0.2, 0.25) is 0 Å². The number of rotatable bonds is 3. The van der Waals surface area contributed by atoms with Gasteiger partial charge in [-0.15, -0.1) is 0 Å². The van der Waals surface area contributed by atoms with E-state index in [0.717, 1.165) is 12.8 Å². The number of carbonyl (C=O) groups excluding carboxylic acids is 1. The molecule has 0 aliphatic carbocycles. The Hall–Kier alpha value is -1.98. The molecule has 0 atom stereocenters. The van der Waals surface area contributed by atoms with Crippen molar-refractivity contribution in [1.29, 1.82) is 0 Å². The number of likely N-dealkylation sites (tertiary alicyclic amines) is 1. The maximum absolute atomic E-state index is 11.8. The van der Waals surface area contributed by atoms with Crippen LogP contribution in [0.15, 0.2) is 18.3 Å². The number of amides is 1. The van der Waals surface area contributed by atoms with Gasteiger partial charge in [0.25, 0.3) is 0 Å². The molecule has 110 valence electrons. The number of aromatic nitrogens is 1. The molecule has 0 radical (unpaired) electrons. The molecular formula is C14H20N2O4. The minimum absolute atomic E-state index is 0.122. The summed E-state index contributed by atoms with van der Waals surface area (Å²) in [7, 11) is 0. The normalized spacial score (nSPS) is 16.4. The van der Waals surface area contributed by atoms with Gasteiger partial charge in [-0.3, -0.25) is 0 Å². The number of piperidine rings is 1. The zero-order valence-electron chi connectivity index (χ0n) is 11.8. The second-order valence-corrected chi connectivity index (χ2v) is 5.26. The summed E-state index contributed by atoms with van der Waals surface area (Å²) in [6, 6.07) is 3.46. The molecule has 1 aromatic heterocycles. The maximum atomic E-state index is 11.8. The van der Waals surface area contributed by atoms with Crippen molar-refractivity contribution in [3.63, 3.8) is 0 Å². The predicted molar refractivity (Wildman–Crippen MR) is 72.9 cm³/mol. The minimum Gasteiger partial charge on any atom is -0.477 e. The van der Waals surface area contributed by atoms with Crippen LogP contribution < -0.4 is 0 Å². The molecule has 0 bridgehead atoms. The lowest BCUT2D eigenvalue weighted by molar-refractivity contribution is 0.0624. The number of hydrogen-bond donors (Lipinski definition) is 1. The molecule has 1 saturated heterocycles. The van der Waals surface area contributed by atoms with Crippen molar-refractivity contribution in [2.24, 2.45) is 0 Å². The Bertz CT molecular complexity index is 487. The third-order valence-electron chi connectivity index (χ3n) is 3.45. The van der Waals surface area contributed by atoms with Crippen LogP contribution in [0.25, 0.3) is 0 Å². The summed E-state index contributed by atoms with van der Waals surface area (Å²) in [5, 5.41) is 9.12. The van der Waals surface area contributed by atoms with E-state index in [0.29, 0.717) is 18.8 Å². The lowest BCUT2D eigenvalue weighted by Gasteiger charge is -2.33. The maximum Gasteiger partial charge on any atom is 0.410 e. The number of carboxylic acid groups (broad SMARTS) is 1. The first kappa shape index (κ1) is 14.4. The average molecular weight is 280 g/mol. The van der Waals surface area contributed by atoms with Crippen molar-refractivity contribution in [3.05, 3.63) is 24.0 Å². The van der Waals surface area contributed by atoms with Gasteiger partial charge in [-0.05, 0) is 38.8 Å². The third kappa shape index (κ3) is 3.12. The molecule has 0 unspecified atom stereocenters. The van der Waals surface area contributed by atoms with Crippen LogP contribution in [-0.4, -0.2) is 45.8 Å². The summed E-state index contributed by atoms with van der Waals surface area (Å²) < 4.78 is 6.95. The Balaban J connectivity index is 1.96. The first-order valence-corrected chi connectivity index (χ1v) is 6.84. The fraction of sp³-hybridized carbons (Fsp3) is 0.571. The standard InChI is InChI=1S/C14H20N2O4/c1-10(2)20-14(19)15-8-5-11(6-9-15)16-7-3-4-12(16)13(17)18/h3-4,7,10-11H,5-6,8-9H2,1-2H3,(H,17,18). The molecule has 6 heteroatoms. The van der Waals surface area contributed by atoms with Gasteiger partial charge in [-0.2, -0.15) is 0 Å². The molecule has 1 aliphatic heterocycles. The van der Waals surface area contributed by atoms with E-state index in [1.165, 1.54) is 0 Å². The van der Waals surface area contributed by atoms with E-state index < -0.39 is 5.97 Å². The van der Waals surface area contributed by atoms with Crippen LogP contribution >= 0.6 is 0 Å². The zero-order valence-corrected chi connectivity index (χ0v) is 11.8. The third-order valence-corrected chi connectivity index (χ3v) is 3.45. The molecule has 20 heavy (non-hydrogen) atoms. The van der Waals surface area contributed by atoms with Crippen LogP contribution in [0.1, 0.15) is 43.2 Å². The molecule has 1 N–H and O–H groups in total. The molecule has 0 spiro atoms. The highest BCUT2D eigenvalue weighted by Gasteiger charge is 2.26. The van der Waals surface area contributed by atoms with Gasteiger partial charge in [0.15, 0.2) is 0 Å². The van der Waals surface area contributed by atoms with Gasteiger partial charge >= 0.3 is 12.1 Å². The van der Waals surface area contributed by atoms with Crippen LogP contribution in [0.2, 0.25) is 0 Å². The van der Waals surface area contributed by atoms with E-state index in [-0.39, 0.29) is 18.2 Å². The highest BCUT2D eigenvalue weighted by Crippen LogP contribution is 2.25. The number of hydrogen-bond acceptors (Lipinski definition) is 3. The first-order valence-electron chi connectivity index (χ1n) is 6.84. The van der Waals surface area contributed by atoms with Gasteiger partial charge in [0, 0.05) is 25.3 Å². The van der Waals surface area contributed by atoms with Crippen LogP contribution in [0.4, 0.5) is 4.79 Å². The lowest BCUT2D eigenvalue weighted by Crippen LogP contribution is -2.40. The summed E-state index contributed by atoms with van der Waals surface area (Å²) >= 11 is 0. The Morgan fingerprint density at radius 1 is 1.35 bits per heavy atom. The van der Waals surface area contributed by atoms with Crippen LogP contribution in [0, 0.1) is 0 Å². The van der Waals surface area contributed by atoms with Crippen molar-refractivity contribution in [3.8, 4) is 0 Å². The highest BCUT2D eigenvalue weighted by molar-refractivity contribution is 5.85. The van der Waals surface area contributed by atoms with Crippen molar-refractivity contribution in [1.82, 2.24) is 9.47 Å². The SMILES string of the molecule is CC(C)OC(=O)N1CCC(n2cccc2C(=O)O)CC1. The Morgan fingerprint density at radius 2 is 2.00 bits per heavy atom. The Labute approximate surface area is 117 Å². The average Bonchev–Trinajstić information content (AvgIpc) is 2.87. The highest BCUT2D eigenvalue weighted by atomic mass is 16.6. The summed E-state index contributed by atoms with van der Waals surface area (Å²) in [6.45, 7) is 4.83. The molecular weight excluding hydrogens is 260 g/mol. The fourth-order valence-corrected chi connectivity index (χ4v) is 2.50. The van der Waals surface area contributed by atoms with Crippen LogP contribution in [0.5, 0.6) is 0 Å². The molecule has 1 fully saturated rings. The van der Waals surface area contributed by atoms with Crippen molar-refractivity contribution in [2.45, 2.75) is 38.8 Å². The fourth-order valence-electron chi connectivity index (χ4n) is 2.50. The van der Waals surface area contributed by atoms with E-state index in [4.69, 9.17) is 9.84 Å². The Morgan fingerprint density at radius 3 is 2.55 bits per heavy atom. The van der Waals surface area contributed by atoms with Crippen molar-refractivity contribution < 1.29 is 19.4 Å². The largest absolute Gasteiger partial charge is 0.477 e. The van der Waals surface area contributed by atoms with Crippen LogP contribution in [0.3, 0.4) is 0 Å². The topological polar surface area (TPSA) is 71.8 Å². The summed E-state index contributed by atoms with van der Waals surface area (Å²) in [5.41, 5.74) is 0.299. The van der Waals surface area contributed by atoms with E-state index >= 15 is 0 Å². The number of carbonyl (C=O) groups is 2. The number of aromatic carboxylic acids is 1. The van der Waals surface area contributed by atoms with Gasteiger partial charge in [0.1, 0.15) is 5.69 Å². The summed E-state index contributed by atoms with van der Waals surface area (Å²) in [5.74, 6) is -0.920. The van der Waals surface area contributed by atoms with Gasteiger partial charge < -0.3 is 19.3 Å². The Kier molecular flexibility index (Phi) is 4.32. The zero-order chi connectivity index (χ0) is 14.7. The molecule has 2 rings (SSSR count). The van der Waals surface area contributed by atoms with Crippen LogP contribution in [-0.2, 0) is 4.74 Å². The second kappa shape index (κ2) is 5.98. The van der Waals surface area contributed by atoms with Crippen molar-refractivity contribution in [2.75, 3.05) is 13.1 Å². The quantitative estimate of drug-likeness (QED) is 0.922. The molecule has 0 saturated carbocycles. The molecule has 2 heterocycles. The molecule has 1 amide bonds. The lowest BCUT2D eigenvalue weighted by atomic mass is 10.1. The van der Waals surface area contributed by atoms with E-state index in [2.05, 4.69) is 0 Å². The monoisotopic (exact) mass is 280 g/mol. The van der Waals surface area contributed by atoms with E-state index in [1.54, 1.807) is 27.8 Å². The summed E-state index contributed by atoms with van der Waals surface area (Å²) in [6.07, 6.45) is 2.85. The second-order valence-electron chi connectivity index (χ2n) is 5.26. The minimum atomic E-state index is -0.920. The molecule has 1 aliphatic rings. The molecule has 6 nitrogen and oxygen atoms in total. The van der Waals surface area contributed by atoms with Gasteiger partial charge in [-0.25, -0.2) is 9.59 Å².